The van der Waals surface area contributed by atoms with Crippen LogP contribution in [0.2, 0.25) is 0 Å². The van der Waals surface area contributed by atoms with Gasteiger partial charge >= 0.3 is 0 Å². The Hall–Kier alpha value is -3.41. The number of rotatable bonds is 3. The molecule has 0 atom stereocenters. The monoisotopic (exact) mass is 345 g/mol. The van der Waals surface area contributed by atoms with Crippen LogP contribution in [-0.2, 0) is 0 Å². The lowest BCUT2D eigenvalue weighted by molar-refractivity contribution is 0.621. The van der Waals surface area contributed by atoms with Gasteiger partial charge in [0.05, 0.1) is 5.69 Å². The van der Waals surface area contributed by atoms with Crippen molar-refractivity contribution in [2.45, 2.75) is 13.8 Å². The van der Waals surface area contributed by atoms with E-state index in [1.165, 1.54) is 16.9 Å². The highest BCUT2D eigenvalue weighted by Crippen LogP contribution is 2.27. The third-order valence-electron chi connectivity index (χ3n) is 4.13. The van der Waals surface area contributed by atoms with Crippen LogP contribution >= 0.6 is 0 Å². The topological polar surface area (TPSA) is 56.5 Å². The number of halogens is 1. The minimum absolute atomic E-state index is 0.352. The molecular formula is C20H16FN5. The van der Waals surface area contributed by atoms with E-state index in [2.05, 4.69) is 20.4 Å². The zero-order valence-electron chi connectivity index (χ0n) is 14.4. The van der Waals surface area contributed by atoms with Gasteiger partial charge in [0, 0.05) is 12.3 Å². The molecule has 0 amide bonds. The molecule has 4 rings (SSSR count). The number of hydrogen-bond donors (Lipinski definition) is 0. The third kappa shape index (κ3) is 3.09. The Balaban J connectivity index is 1.78. The molecule has 5 nitrogen and oxygen atoms in total. The minimum Gasteiger partial charge on any atom is -0.253 e. The Morgan fingerprint density at radius 3 is 2.65 bits per heavy atom. The molecule has 0 aliphatic heterocycles. The van der Waals surface area contributed by atoms with Gasteiger partial charge in [-0.05, 0) is 60.0 Å². The molecule has 0 bridgehead atoms. The van der Waals surface area contributed by atoms with Crippen molar-refractivity contribution >= 4 is 0 Å². The molecule has 0 saturated carbocycles. The average molecular weight is 345 g/mol. The van der Waals surface area contributed by atoms with Crippen LogP contribution in [0.1, 0.15) is 11.1 Å². The fraction of sp³-hybridized carbons (Fsp3) is 0.100. The maximum atomic E-state index is 14.3. The molecule has 0 fully saturated rings. The molecule has 0 N–H and O–H groups in total. The lowest BCUT2D eigenvalue weighted by atomic mass is 9.98. The van der Waals surface area contributed by atoms with Crippen LogP contribution in [0.4, 0.5) is 4.39 Å². The summed E-state index contributed by atoms with van der Waals surface area (Å²) < 4.78 is 14.3. The first-order chi connectivity index (χ1) is 12.6. The summed E-state index contributed by atoms with van der Waals surface area (Å²) in [5.41, 5.74) is 5.08. The Morgan fingerprint density at radius 2 is 1.85 bits per heavy atom. The first kappa shape index (κ1) is 16.1. The van der Waals surface area contributed by atoms with Gasteiger partial charge in [-0.3, -0.25) is 4.98 Å². The van der Waals surface area contributed by atoms with Crippen molar-refractivity contribution in [3.8, 4) is 28.3 Å². The first-order valence-electron chi connectivity index (χ1n) is 8.20. The van der Waals surface area contributed by atoms with Crippen LogP contribution in [0, 0.1) is 19.7 Å². The normalized spacial score (nSPS) is 10.9. The molecule has 2 aromatic carbocycles. The molecule has 0 aliphatic rings. The third-order valence-corrected chi connectivity index (χ3v) is 4.13. The molecule has 128 valence electrons. The predicted octanol–water partition coefficient (Wildman–Crippen LogP) is 4.15. The number of aryl methyl sites for hydroxylation is 2. The number of benzene rings is 2. The van der Waals surface area contributed by atoms with Gasteiger partial charge < -0.3 is 0 Å². The highest BCUT2D eigenvalue weighted by atomic mass is 19.1. The number of nitrogens with zero attached hydrogens (tertiary/aromatic N) is 5. The fourth-order valence-electron chi connectivity index (χ4n) is 2.81. The SMILES string of the molecule is Cc1ccc(C)c(-c2cc(F)cc(-n3nnc(-c4ccccn4)n3)c2)c1. The maximum absolute atomic E-state index is 14.3. The number of pyridine rings is 1. The highest BCUT2D eigenvalue weighted by molar-refractivity contribution is 5.70. The fourth-order valence-corrected chi connectivity index (χ4v) is 2.81. The van der Waals surface area contributed by atoms with Crippen LogP contribution in [0.25, 0.3) is 28.3 Å². The Kier molecular flexibility index (Phi) is 4.01. The lowest BCUT2D eigenvalue weighted by Crippen LogP contribution is -2.01. The minimum atomic E-state index is -0.352. The van der Waals surface area contributed by atoms with Crippen molar-refractivity contribution < 1.29 is 4.39 Å². The van der Waals surface area contributed by atoms with Gasteiger partial charge in [-0.2, -0.15) is 0 Å². The van der Waals surface area contributed by atoms with E-state index in [1.807, 2.05) is 50.2 Å². The van der Waals surface area contributed by atoms with Crippen molar-refractivity contribution in [3.05, 3.63) is 77.7 Å². The van der Waals surface area contributed by atoms with Crippen LogP contribution in [-0.4, -0.2) is 25.2 Å². The van der Waals surface area contributed by atoms with E-state index >= 15 is 0 Å². The smallest absolute Gasteiger partial charge is 0.223 e. The van der Waals surface area contributed by atoms with Gasteiger partial charge in [-0.25, -0.2) is 4.39 Å². The summed E-state index contributed by atoms with van der Waals surface area (Å²) in [6.45, 7) is 4.02. The molecule has 4 aromatic rings. The predicted molar refractivity (Wildman–Crippen MR) is 97.3 cm³/mol. The van der Waals surface area contributed by atoms with Gasteiger partial charge in [0.1, 0.15) is 11.5 Å². The Bertz CT molecular complexity index is 1070. The lowest BCUT2D eigenvalue weighted by Gasteiger charge is -2.09. The molecule has 2 aromatic heterocycles. The van der Waals surface area contributed by atoms with Crippen LogP contribution < -0.4 is 0 Å². The van der Waals surface area contributed by atoms with Crippen molar-refractivity contribution in [3.63, 3.8) is 0 Å². The van der Waals surface area contributed by atoms with E-state index in [9.17, 15) is 4.39 Å². The summed E-state index contributed by atoms with van der Waals surface area (Å²) in [6.07, 6.45) is 1.66. The average Bonchev–Trinajstić information content (AvgIpc) is 3.14. The standard InChI is InChI=1S/C20H16FN5/c1-13-6-7-14(2)18(9-13)15-10-16(21)12-17(11-15)26-24-20(23-25-26)19-5-3-4-8-22-19/h3-12H,1-2H3. The molecule has 0 spiro atoms. The van der Waals surface area contributed by atoms with Crippen molar-refractivity contribution in [2.24, 2.45) is 0 Å². The van der Waals surface area contributed by atoms with Gasteiger partial charge in [0.25, 0.3) is 0 Å². The van der Waals surface area contributed by atoms with Crippen LogP contribution in [0.3, 0.4) is 0 Å². The summed E-state index contributed by atoms with van der Waals surface area (Å²) in [7, 11) is 0. The second-order valence-corrected chi connectivity index (χ2v) is 6.13. The van der Waals surface area contributed by atoms with Crippen molar-refractivity contribution in [2.75, 3.05) is 0 Å². The Morgan fingerprint density at radius 1 is 0.962 bits per heavy atom. The maximum Gasteiger partial charge on any atom is 0.223 e. The van der Waals surface area contributed by atoms with E-state index < -0.39 is 0 Å². The second kappa shape index (κ2) is 6.48. The van der Waals surface area contributed by atoms with E-state index in [4.69, 9.17) is 0 Å². The molecule has 6 heteroatoms. The summed E-state index contributed by atoms with van der Waals surface area (Å²) in [5.74, 6) is 0.0400. The zero-order chi connectivity index (χ0) is 18.1. The van der Waals surface area contributed by atoms with Crippen molar-refractivity contribution in [1.82, 2.24) is 25.2 Å². The molecule has 0 aliphatic carbocycles. The number of hydrogen-bond acceptors (Lipinski definition) is 4. The summed E-state index contributed by atoms with van der Waals surface area (Å²) >= 11 is 0. The molecule has 26 heavy (non-hydrogen) atoms. The van der Waals surface area contributed by atoms with E-state index in [-0.39, 0.29) is 5.82 Å². The number of aromatic nitrogens is 5. The first-order valence-corrected chi connectivity index (χ1v) is 8.20. The molecule has 0 unspecified atom stereocenters. The molecular weight excluding hydrogens is 329 g/mol. The largest absolute Gasteiger partial charge is 0.253 e. The molecule has 2 heterocycles. The quantitative estimate of drug-likeness (QED) is 0.560. The van der Waals surface area contributed by atoms with Crippen LogP contribution in [0.15, 0.2) is 60.8 Å². The summed E-state index contributed by atoms with van der Waals surface area (Å²) in [4.78, 5) is 5.53. The van der Waals surface area contributed by atoms with Gasteiger partial charge in [-0.1, -0.05) is 29.8 Å². The molecule has 0 radical (unpaired) electrons. The molecule has 0 saturated heterocycles. The van der Waals surface area contributed by atoms with Gasteiger partial charge in [0.15, 0.2) is 0 Å². The van der Waals surface area contributed by atoms with E-state index in [0.717, 1.165) is 22.3 Å². The van der Waals surface area contributed by atoms with Gasteiger partial charge in [-0.15, -0.1) is 15.0 Å². The van der Waals surface area contributed by atoms with E-state index in [0.29, 0.717) is 17.2 Å². The second-order valence-electron chi connectivity index (χ2n) is 6.13. The zero-order valence-corrected chi connectivity index (χ0v) is 14.4. The van der Waals surface area contributed by atoms with Crippen LogP contribution in [0.5, 0.6) is 0 Å². The highest BCUT2D eigenvalue weighted by Gasteiger charge is 2.12. The Labute approximate surface area is 150 Å². The number of tetrazole rings is 1. The van der Waals surface area contributed by atoms with Gasteiger partial charge in [0.2, 0.25) is 5.82 Å². The van der Waals surface area contributed by atoms with E-state index in [1.54, 1.807) is 12.3 Å². The summed E-state index contributed by atoms with van der Waals surface area (Å²) in [6, 6.07) is 16.3. The summed E-state index contributed by atoms with van der Waals surface area (Å²) in [5, 5.41) is 12.4. The van der Waals surface area contributed by atoms with Crippen molar-refractivity contribution in [1.29, 1.82) is 0 Å².